The van der Waals surface area contributed by atoms with E-state index in [0.29, 0.717) is 16.2 Å². The van der Waals surface area contributed by atoms with Crippen LogP contribution in [0.2, 0.25) is 0 Å². The number of allylic oxidation sites excluding steroid dienone is 1. The summed E-state index contributed by atoms with van der Waals surface area (Å²) < 4.78 is 0. The van der Waals surface area contributed by atoms with Gasteiger partial charge < -0.3 is 5.11 Å². The van der Waals surface area contributed by atoms with Crippen LogP contribution in [-0.2, 0) is 0 Å². The predicted molar refractivity (Wildman–Crippen MR) is 131 cm³/mol. The first-order chi connectivity index (χ1) is 14.5. The summed E-state index contributed by atoms with van der Waals surface area (Å²) in [5, 5.41) is 10.3. The molecule has 0 saturated heterocycles. The van der Waals surface area contributed by atoms with E-state index < -0.39 is 0 Å². The number of hydrogen-bond donors (Lipinski definition) is 1. The monoisotopic (exact) mass is 426 g/mol. The molecule has 4 fully saturated rings. The molecule has 4 saturated carbocycles. The van der Waals surface area contributed by atoms with Gasteiger partial charge in [-0.05, 0) is 121 Å². The van der Waals surface area contributed by atoms with Crippen molar-refractivity contribution in [3.63, 3.8) is 0 Å². The highest BCUT2D eigenvalue weighted by molar-refractivity contribution is 5.25. The summed E-state index contributed by atoms with van der Waals surface area (Å²) in [6, 6.07) is 0. The lowest BCUT2D eigenvalue weighted by molar-refractivity contribution is -0.0592. The lowest BCUT2D eigenvalue weighted by Gasteiger charge is -2.58. The van der Waals surface area contributed by atoms with Gasteiger partial charge in [0.05, 0.1) is 6.10 Å². The van der Waals surface area contributed by atoms with E-state index in [9.17, 15) is 5.11 Å². The third-order valence-corrected chi connectivity index (χ3v) is 12.8. The first-order valence-electron chi connectivity index (χ1n) is 13.9. The molecule has 31 heavy (non-hydrogen) atoms. The van der Waals surface area contributed by atoms with Gasteiger partial charge in [0, 0.05) is 0 Å². The van der Waals surface area contributed by atoms with Crippen LogP contribution < -0.4 is 0 Å². The summed E-state index contributed by atoms with van der Waals surface area (Å²) in [5.41, 5.74) is 3.17. The SMILES string of the molecule is CC(C)[C@@H](C)[C@@]1(C)C[C@@H]1[C@@H](C)[C@H]1CC[C@H]2[C@@H]3CC=C4C[C@@H](O)CC[C@]4(C)[C@H]3CC[C@]12C. The van der Waals surface area contributed by atoms with Gasteiger partial charge in [0.25, 0.3) is 0 Å². The van der Waals surface area contributed by atoms with E-state index in [2.05, 4.69) is 54.5 Å². The van der Waals surface area contributed by atoms with Gasteiger partial charge >= 0.3 is 0 Å². The molecular formula is C30H50O. The second kappa shape index (κ2) is 7.35. The average molecular weight is 427 g/mol. The zero-order valence-electron chi connectivity index (χ0n) is 21.6. The van der Waals surface area contributed by atoms with Crippen molar-refractivity contribution in [2.24, 2.45) is 63.6 Å². The van der Waals surface area contributed by atoms with Crippen molar-refractivity contribution in [2.45, 2.75) is 112 Å². The van der Waals surface area contributed by atoms with Crippen molar-refractivity contribution in [1.82, 2.24) is 0 Å². The Morgan fingerprint density at radius 3 is 2.35 bits per heavy atom. The Hall–Kier alpha value is -0.300. The largest absolute Gasteiger partial charge is 0.393 e. The minimum atomic E-state index is -0.0810. The second-order valence-corrected chi connectivity index (χ2v) is 14.1. The molecule has 0 spiro atoms. The quantitative estimate of drug-likeness (QED) is 0.453. The molecule has 0 unspecified atom stereocenters. The molecule has 1 N–H and O–H groups in total. The number of rotatable bonds is 4. The Labute approximate surface area is 192 Å². The number of fused-ring (bicyclic) bond motifs is 5. The first kappa shape index (κ1) is 22.5. The van der Waals surface area contributed by atoms with Gasteiger partial charge in [-0.15, -0.1) is 0 Å². The normalized spacial score (nSPS) is 53.3. The van der Waals surface area contributed by atoms with Gasteiger partial charge in [0.15, 0.2) is 0 Å². The molecular weight excluding hydrogens is 376 g/mol. The topological polar surface area (TPSA) is 20.2 Å². The van der Waals surface area contributed by atoms with E-state index in [0.717, 1.165) is 60.2 Å². The minimum absolute atomic E-state index is 0.0810. The van der Waals surface area contributed by atoms with Crippen molar-refractivity contribution in [2.75, 3.05) is 0 Å². The van der Waals surface area contributed by atoms with Crippen LogP contribution in [0.15, 0.2) is 11.6 Å². The number of aliphatic hydroxyl groups excluding tert-OH is 1. The molecule has 5 aliphatic rings. The van der Waals surface area contributed by atoms with E-state index in [4.69, 9.17) is 0 Å². The highest BCUT2D eigenvalue weighted by Crippen LogP contribution is 2.71. The molecule has 176 valence electrons. The standard InChI is InChI=1S/C30H50O/c1-18(2)20(4)30(7)17-27(30)19(3)24-10-11-25-23-9-8-21-16-22(31)12-14-28(21,5)26(23)13-15-29(24,25)6/h8,18-20,22-27,31H,9-17H2,1-7H3/t19-,20+,22-,23-,24+,25-,26-,27+,28-,29+,30+/m0/s1. The molecule has 0 aromatic rings. The lowest BCUT2D eigenvalue weighted by Crippen LogP contribution is -2.51. The molecule has 0 aromatic carbocycles. The van der Waals surface area contributed by atoms with Crippen LogP contribution in [0.3, 0.4) is 0 Å². The van der Waals surface area contributed by atoms with Crippen LogP contribution >= 0.6 is 0 Å². The summed E-state index contributed by atoms with van der Waals surface area (Å²) in [6.45, 7) is 17.9. The molecule has 5 aliphatic carbocycles. The Morgan fingerprint density at radius 2 is 1.65 bits per heavy atom. The highest BCUT2D eigenvalue weighted by atomic mass is 16.3. The van der Waals surface area contributed by atoms with Gasteiger partial charge in [-0.25, -0.2) is 0 Å². The summed E-state index contributed by atoms with van der Waals surface area (Å²) in [4.78, 5) is 0. The summed E-state index contributed by atoms with van der Waals surface area (Å²) in [5.74, 6) is 7.17. The van der Waals surface area contributed by atoms with Crippen molar-refractivity contribution in [1.29, 1.82) is 0 Å². The predicted octanol–water partition coefficient (Wildman–Crippen LogP) is 7.88. The van der Waals surface area contributed by atoms with Crippen LogP contribution in [0.25, 0.3) is 0 Å². The van der Waals surface area contributed by atoms with Crippen molar-refractivity contribution < 1.29 is 5.11 Å². The van der Waals surface area contributed by atoms with Crippen LogP contribution in [0.4, 0.5) is 0 Å². The number of aliphatic hydroxyl groups is 1. The van der Waals surface area contributed by atoms with E-state index in [1.54, 1.807) is 5.57 Å². The zero-order valence-corrected chi connectivity index (χ0v) is 21.6. The van der Waals surface area contributed by atoms with Crippen LogP contribution in [0.5, 0.6) is 0 Å². The van der Waals surface area contributed by atoms with Crippen molar-refractivity contribution in [3.8, 4) is 0 Å². The molecule has 0 amide bonds. The van der Waals surface area contributed by atoms with Gasteiger partial charge in [-0.3, -0.25) is 0 Å². The molecule has 0 bridgehead atoms. The molecule has 0 aliphatic heterocycles. The molecule has 0 heterocycles. The van der Waals surface area contributed by atoms with E-state index in [1.165, 1.54) is 44.9 Å². The molecule has 5 rings (SSSR count). The fourth-order valence-electron chi connectivity index (χ4n) is 10.3. The fourth-order valence-corrected chi connectivity index (χ4v) is 10.3. The number of hydrogen-bond acceptors (Lipinski definition) is 1. The maximum Gasteiger partial charge on any atom is 0.0577 e. The highest BCUT2D eigenvalue weighted by Gasteiger charge is 2.63. The van der Waals surface area contributed by atoms with E-state index in [-0.39, 0.29) is 6.10 Å². The Bertz CT molecular complexity index is 737. The average Bonchev–Trinajstić information content (AvgIpc) is 3.29. The summed E-state index contributed by atoms with van der Waals surface area (Å²) in [6.07, 6.45) is 14.4. The first-order valence-corrected chi connectivity index (χ1v) is 13.9. The van der Waals surface area contributed by atoms with Gasteiger partial charge in [0.2, 0.25) is 0 Å². The third kappa shape index (κ3) is 3.18. The maximum atomic E-state index is 10.3. The molecule has 11 atom stereocenters. The van der Waals surface area contributed by atoms with Gasteiger partial charge in [-0.1, -0.05) is 60.1 Å². The van der Waals surface area contributed by atoms with Gasteiger partial charge in [-0.2, -0.15) is 0 Å². The van der Waals surface area contributed by atoms with E-state index in [1.807, 2.05) is 0 Å². The van der Waals surface area contributed by atoms with E-state index >= 15 is 0 Å². The molecule has 1 heteroatoms. The van der Waals surface area contributed by atoms with Crippen LogP contribution in [0.1, 0.15) is 106 Å². The van der Waals surface area contributed by atoms with Gasteiger partial charge in [0.1, 0.15) is 0 Å². The molecule has 1 nitrogen and oxygen atoms in total. The maximum absolute atomic E-state index is 10.3. The Balaban J connectivity index is 1.35. The fraction of sp³-hybridized carbons (Fsp3) is 0.933. The Morgan fingerprint density at radius 1 is 0.903 bits per heavy atom. The second-order valence-electron chi connectivity index (χ2n) is 14.1. The van der Waals surface area contributed by atoms with Crippen LogP contribution in [0, 0.1) is 63.6 Å². The Kier molecular flexibility index (Phi) is 5.33. The van der Waals surface area contributed by atoms with Crippen molar-refractivity contribution >= 4 is 0 Å². The van der Waals surface area contributed by atoms with Crippen LogP contribution in [-0.4, -0.2) is 11.2 Å². The summed E-state index contributed by atoms with van der Waals surface area (Å²) >= 11 is 0. The smallest absolute Gasteiger partial charge is 0.0577 e. The zero-order chi connectivity index (χ0) is 22.3. The molecule has 0 aromatic heterocycles. The minimum Gasteiger partial charge on any atom is -0.393 e. The summed E-state index contributed by atoms with van der Waals surface area (Å²) in [7, 11) is 0. The lowest BCUT2D eigenvalue weighted by atomic mass is 9.47. The third-order valence-electron chi connectivity index (χ3n) is 12.8. The van der Waals surface area contributed by atoms with Crippen molar-refractivity contribution in [3.05, 3.63) is 11.6 Å². The molecule has 0 radical (unpaired) electrons.